The summed E-state index contributed by atoms with van der Waals surface area (Å²) >= 11 is 0. The molecule has 1 aliphatic rings. The van der Waals surface area contributed by atoms with E-state index in [0.717, 1.165) is 6.42 Å². The van der Waals surface area contributed by atoms with Crippen LogP contribution < -0.4 is 5.32 Å². The monoisotopic (exact) mass is 205 g/mol. The van der Waals surface area contributed by atoms with Gasteiger partial charge in [-0.2, -0.15) is 0 Å². The first kappa shape index (κ1) is 11.4. The predicted molar refractivity (Wildman–Crippen MR) is 50.1 cm³/mol. The first-order valence-corrected chi connectivity index (χ1v) is 5.10. The lowest BCUT2D eigenvalue weighted by Crippen LogP contribution is -2.43. The van der Waals surface area contributed by atoms with Gasteiger partial charge in [-0.15, -0.1) is 0 Å². The van der Waals surface area contributed by atoms with Crippen molar-refractivity contribution < 1.29 is 13.6 Å². The summed E-state index contributed by atoms with van der Waals surface area (Å²) in [5, 5.41) is 2.70. The summed E-state index contributed by atoms with van der Waals surface area (Å²) in [5.41, 5.74) is 0. The number of amides is 1. The smallest absolute Gasteiger partial charge is 0.248 e. The fraction of sp³-hybridized carbons (Fsp3) is 0.900. The Hall–Kier alpha value is -0.670. The van der Waals surface area contributed by atoms with Crippen LogP contribution >= 0.6 is 0 Å². The van der Waals surface area contributed by atoms with Crippen LogP contribution in [0, 0.1) is 11.8 Å². The van der Waals surface area contributed by atoms with Crippen molar-refractivity contribution in [2.45, 2.75) is 39.0 Å². The van der Waals surface area contributed by atoms with Gasteiger partial charge in [0.1, 0.15) is 0 Å². The molecule has 2 nitrogen and oxygen atoms in total. The van der Waals surface area contributed by atoms with Crippen molar-refractivity contribution in [1.29, 1.82) is 0 Å². The van der Waals surface area contributed by atoms with Gasteiger partial charge >= 0.3 is 0 Å². The average molecular weight is 205 g/mol. The predicted octanol–water partition coefficient (Wildman–Crippen LogP) is 2.19. The zero-order chi connectivity index (χ0) is 10.8. The second-order valence-corrected chi connectivity index (χ2v) is 4.18. The highest BCUT2D eigenvalue weighted by Gasteiger charge is 2.44. The molecule has 1 aliphatic carbocycles. The Morgan fingerprint density at radius 1 is 1.57 bits per heavy atom. The number of carbonyl (C=O) groups excluding carboxylic acids is 1. The minimum Gasteiger partial charge on any atom is -0.356 e. The van der Waals surface area contributed by atoms with E-state index in [0.29, 0.717) is 6.54 Å². The normalized spacial score (nSPS) is 22.6. The lowest BCUT2D eigenvalue weighted by atomic mass is 9.81. The van der Waals surface area contributed by atoms with E-state index in [1.54, 1.807) is 0 Å². The maximum Gasteiger partial charge on any atom is 0.248 e. The van der Waals surface area contributed by atoms with E-state index in [-0.39, 0.29) is 30.6 Å². The molecular weight excluding hydrogens is 188 g/mol. The molecule has 0 heterocycles. The van der Waals surface area contributed by atoms with Gasteiger partial charge in [0.15, 0.2) is 0 Å². The first-order chi connectivity index (χ1) is 6.44. The zero-order valence-electron chi connectivity index (χ0n) is 8.65. The van der Waals surface area contributed by atoms with Gasteiger partial charge in [0.2, 0.25) is 11.8 Å². The molecule has 1 saturated carbocycles. The number of carbonyl (C=O) groups is 1. The summed E-state index contributed by atoms with van der Waals surface area (Å²) in [4.78, 5) is 11.3. The Morgan fingerprint density at radius 3 is 2.57 bits per heavy atom. The van der Waals surface area contributed by atoms with Crippen LogP contribution in [0.3, 0.4) is 0 Å². The van der Waals surface area contributed by atoms with Gasteiger partial charge in [0, 0.05) is 25.3 Å². The number of nitrogens with one attached hydrogen (secondary N) is 1. The van der Waals surface area contributed by atoms with E-state index in [1.807, 2.05) is 13.8 Å². The minimum atomic E-state index is -2.48. The summed E-state index contributed by atoms with van der Waals surface area (Å²) in [6.07, 6.45) is 0.633. The Labute approximate surface area is 83.1 Å². The number of alkyl halides is 2. The van der Waals surface area contributed by atoms with E-state index >= 15 is 0 Å². The standard InChI is InChI=1S/C10H17F2NO/c1-3-7(2)9(14)13-6-8-4-10(11,12)5-8/h7-8H,3-6H2,1-2H3,(H,13,14). The number of halogens is 2. The highest BCUT2D eigenvalue weighted by molar-refractivity contribution is 5.78. The lowest BCUT2D eigenvalue weighted by Gasteiger charge is -2.35. The molecule has 4 heteroatoms. The summed E-state index contributed by atoms with van der Waals surface area (Å²) in [5.74, 6) is -2.55. The Bertz CT molecular complexity index is 210. The van der Waals surface area contributed by atoms with E-state index in [2.05, 4.69) is 5.32 Å². The van der Waals surface area contributed by atoms with E-state index < -0.39 is 5.92 Å². The maximum atomic E-state index is 12.4. The molecule has 0 aromatic carbocycles. The molecule has 14 heavy (non-hydrogen) atoms. The number of hydrogen-bond donors (Lipinski definition) is 1. The molecule has 1 atom stereocenters. The Kier molecular flexibility index (Phi) is 3.45. The van der Waals surface area contributed by atoms with Gasteiger partial charge in [0.05, 0.1) is 0 Å². The van der Waals surface area contributed by atoms with Crippen molar-refractivity contribution in [2.24, 2.45) is 11.8 Å². The van der Waals surface area contributed by atoms with Gasteiger partial charge in [-0.25, -0.2) is 8.78 Å². The quantitative estimate of drug-likeness (QED) is 0.749. The Morgan fingerprint density at radius 2 is 2.14 bits per heavy atom. The highest BCUT2D eigenvalue weighted by Crippen LogP contribution is 2.41. The summed E-state index contributed by atoms with van der Waals surface area (Å²) in [6.45, 7) is 4.17. The lowest BCUT2D eigenvalue weighted by molar-refractivity contribution is -0.129. The van der Waals surface area contributed by atoms with Crippen LogP contribution in [0.15, 0.2) is 0 Å². The van der Waals surface area contributed by atoms with Crippen LogP contribution in [0.25, 0.3) is 0 Å². The molecule has 1 rings (SSSR count). The third-order valence-electron chi connectivity index (χ3n) is 2.80. The average Bonchev–Trinajstić information content (AvgIpc) is 2.09. The van der Waals surface area contributed by atoms with Crippen LogP contribution in [0.5, 0.6) is 0 Å². The number of hydrogen-bond acceptors (Lipinski definition) is 1. The second-order valence-electron chi connectivity index (χ2n) is 4.18. The fourth-order valence-corrected chi connectivity index (χ4v) is 1.53. The molecule has 1 fully saturated rings. The van der Waals surface area contributed by atoms with E-state index in [4.69, 9.17) is 0 Å². The van der Waals surface area contributed by atoms with Crippen molar-refractivity contribution in [1.82, 2.24) is 5.32 Å². The van der Waals surface area contributed by atoms with Gasteiger partial charge in [0.25, 0.3) is 0 Å². The molecule has 0 radical (unpaired) electrons. The zero-order valence-corrected chi connectivity index (χ0v) is 8.65. The van der Waals surface area contributed by atoms with Crippen LogP contribution in [-0.2, 0) is 4.79 Å². The molecule has 1 amide bonds. The van der Waals surface area contributed by atoms with Gasteiger partial charge < -0.3 is 5.32 Å². The molecular formula is C10H17F2NO. The largest absolute Gasteiger partial charge is 0.356 e. The van der Waals surface area contributed by atoms with Crippen LogP contribution in [-0.4, -0.2) is 18.4 Å². The molecule has 0 bridgehead atoms. The molecule has 0 aromatic rings. The van der Waals surface area contributed by atoms with Crippen LogP contribution in [0.1, 0.15) is 33.1 Å². The summed E-state index contributed by atoms with van der Waals surface area (Å²) in [7, 11) is 0. The maximum absolute atomic E-state index is 12.4. The van der Waals surface area contributed by atoms with E-state index in [9.17, 15) is 13.6 Å². The number of rotatable bonds is 4. The third kappa shape index (κ3) is 2.93. The van der Waals surface area contributed by atoms with E-state index in [1.165, 1.54) is 0 Å². The fourth-order valence-electron chi connectivity index (χ4n) is 1.53. The van der Waals surface area contributed by atoms with Crippen molar-refractivity contribution in [3.63, 3.8) is 0 Å². The Balaban J connectivity index is 2.14. The van der Waals surface area contributed by atoms with Crippen LogP contribution in [0.2, 0.25) is 0 Å². The molecule has 82 valence electrons. The molecule has 1 unspecified atom stereocenters. The molecule has 1 N–H and O–H groups in total. The van der Waals surface area contributed by atoms with Gasteiger partial charge in [-0.3, -0.25) is 4.79 Å². The summed E-state index contributed by atoms with van der Waals surface area (Å²) < 4.78 is 24.8. The van der Waals surface area contributed by atoms with Crippen molar-refractivity contribution in [3.05, 3.63) is 0 Å². The molecule has 0 spiro atoms. The van der Waals surface area contributed by atoms with Crippen molar-refractivity contribution >= 4 is 5.91 Å². The molecule has 0 aromatic heterocycles. The second kappa shape index (κ2) is 4.24. The van der Waals surface area contributed by atoms with Crippen molar-refractivity contribution in [3.8, 4) is 0 Å². The SMILES string of the molecule is CCC(C)C(=O)NCC1CC(F)(F)C1. The topological polar surface area (TPSA) is 29.1 Å². The third-order valence-corrected chi connectivity index (χ3v) is 2.80. The summed E-state index contributed by atoms with van der Waals surface area (Å²) in [6, 6.07) is 0. The van der Waals surface area contributed by atoms with Gasteiger partial charge in [-0.1, -0.05) is 13.8 Å². The highest BCUT2D eigenvalue weighted by atomic mass is 19.3. The minimum absolute atomic E-state index is 0.0180. The molecule has 0 saturated heterocycles. The molecule has 0 aliphatic heterocycles. The van der Waals surface area contributed by atoms with Crippen LogP contribution in [0.4, 0.5) is 8.78 Å². The van der Waals surface area contributed by atoms with Gasteiger partial charge in [-0.05, 0) is 12.3 Å². The first-order valence-electron chi connectivity index (χ1n) is 5.10. The van der Waals surface area contributed by atoms with Crippen molar-refractivity contribution in [2.75, 3.05) is 6.54 Å².